The molecule has 1 heterocycles. The standard InChI is InChI=1S/C17H14N6O/c1-12-6-2-4-8-14(12)17-20-22-23(21-17)11-16(24)19-15-9-5-3-7-13(15)10-18/h2-9H,11H2,1H3,(H,19,24). The molecule has 7 nitrogen and oxygen atoms in total. The summed E-state index contributed by atoms with van der Waals surface area (Å²) in [6, 6.07) is 16.5. The summed E-state index contributed by atoms with van der Waals surface area (Å²) in [4.78, 5) is 13.3. The Morgan fingerprint density at radius 1 is 1.21 bits per heavy atom. The van der Waals surface area contributed by atoms with E-state index in [1.165, 1.54) is 4.80 Å². The van der Waals surface area contributed by atoms with Crippen molar-refractivity contribution in [1.29, 1.82) is 5.26 Å². The van der Waals surface area contributed by atoms with E-state index in [-0.39, 0.29) is 12.5 Å². The molecule has 2 aromatic carbocycles. The molecule has 24 heavy (non-hydrogen) atoms. The average molecular weight is 318 g/mol. The van der Waals surface area contributed by atoms with Gasteiger partial charge in [0.05, 0.1) is 11.3 Å². The highest BCUT2D eigenvalue weighted by Crippen LogP contribution is 2.18. The lowest BCUT2D eigenvalue weighted by atomic mass is 10.1. The average Bonchev–Trinajstić information content (AvgIpc) is 3.04. The number of rotatable bonds is 4. The van der Waals surface area contributed by atoms with Crippen molar-refractivity contribution in [3.05, 3.63) is 59.7 Å². The second-order valence-electron chi connectivity index (χ2n) is 5.16. The lowest BCUT2D eigenvalue weighted by molar-refractivity contribution is -0.117. The third kappa shape index (κ3) is 3.28. The van der Waals surface area contributed by atoms with Crippen LogP contribution in [-0.2, 0) is 11.3 Å². The summed E-state index contributed by atoms with van der Waals surface area (Å²) in [6.07, 6.45) is 0. The zero-order valence-electron chi connectivity index (χ0n) is 13.0. The number of tetrazole rings is 1. The number of carbonyl (C=O) groups is 1. The maximum Gasteiger partial charge on any atom is 0.248 e. The minimum Gasteiger partial charge on any atom is -0.323 e. The van der Waals surface area contributed by atoms with Gasteiger partial charge < -0.3 is 5.32 Å². The molecule has 0 radical (unpaired) electrons. The molecule has 0 bridgehead atoms. The molecule has 0 aliphatic heterocycles. The number of aryl methyl sites for hydroxylation is 1. The molecule has 118 valence electrons. The van der Waals surface area contributed by atoms with Gasteiger partial charge in [-0.2, -0.15) is 10.1 Å². The van der Waals surface area contributed by atoms with E-state index in [4.69, 9.17) is 5.26 Å². The first-order chi connectivity index (χ1) is 11.7. The van der Waals surface area contributed by atoms with Crippen molar-refractivity contribution in [1.82, 2.24) is 20.2 Å². The Morgan fingerprint density at radius 3 is 2.75 bits per heavy atom. The molecular formula is C17H14N6O. The van der Waals surface area contributed by atoms with Gasteiger partial charge in [0.2, 0.25) is 11.7 Å². The third-order valence-corrected chi connectivity index (χ3v) is 3.45. The maximum atomic E-state index is 12.1. The minimum atomic E-state index is -0.327. The van der Waals surface area contributed by atoms with Gasteiger partial charge in [0.15, 0.2) is 0 Å². The molecule has 0 unspecified atom stereocenters. The van der Waals surface area contributed by atoms with Crippen LogP contribution < -0.4 is 5.32 Å². The molecule has 7 heteroatoms. The van der Waals surface area contributed by atoms with E-state index in [0.717, 1.165) is 11.1 Å². The fraction of sp³-hybridized carbons (Fsp3) is 0.118. The Morgan fingerprint density at radius 2 is 1.96 bits per heavy atom. The molecule has 0 saturated carbocycles. The fourth-order valence-corrected chi connectivity index (χ4v) is 2.25. The van der Waals surface area contributed by atoms with E-state index in [9.17, 15) is 4.79 Å². The lowest BCUT2D eigenvalue weighted by Gasteiger charge is -2.05. The van der Waals surface area contributed by atoms with Crippen LogP contribution in [0.3, 0.4) is 0 Å². The number of nitrogens with one attached hydrogen (secondary N) is 1. The van der Waals surface area contributed by atoms with Crippen LogP contribution in [0.4, 0.5) is 5.69 Å². The fourth-order valence-electron chi connectivity index (χ4n) is 2.25. The van der Waals surface area contributed by atoms with Crippen molar-refractivity contribution in [2.75, 3.05) is 5.32 Å². The Labute approximate surface area is 138 Å². The molecule has 1 aromatic heterocycles. The van der Waals surface area contributed by atoms with Gasteiger partial charge in [-0.25, -0.2) is 0 Å². The molecule has 3 rings (SSSR count). The van der Waals surface area contributed by atoms with Gasteiger partial charge in [0.25, 0.3) is 0 Å². The number of nitriles is 1. The van der Waals surface area contributed by atoms with E-state index in [1.54, 1.807) is 24.3 Å². The number of benzene rings is 2. The van der Waals surface area contributed by atoms with Gasteiger partial charge in [0, 0.05) is 5.56 Å². The van der Waals surface area contributed by atoms with Crippen molar-refractivity contribution in [3.63, 3.8) is 0 Å². The summed E-state index contributed by atoms with van der Waals surface area (Å²) < 4.78 is 0. The molecule has 0 fully saturated rings. The van der Waals surface area contributed by atoms with Crippen molar-refractivity contribution in [2.45, 2.75) is 13.5 Å². The van der Waals surface area contributed by atoms with Gasteiger partial charge in [-0.1, -0.05) is 36.4 Å². The predicted octanol–water partition coefficient (Wildman–Crippen LogP) is 2.16. The monoisotopic (exact) mass is 318 g/mol. The molecular weight excluding hydrogens is 304 g/mol. The van der Waals surface area contributed by atoms with Crippen LogP contribution >= 0.6 is 0 Å². The van der Waals surface area contributed by atoms with Gasteiger partial charge in [-0.05, 0) is 29.8 Å². The minimum absolute atomic E-state index is 0.0847. The van der Waals surface area contributed by atoms with E-state index in [2.05, 4.69) is 20.7 Å². The van der Waals surface area contributed by atoms with Crippen LogP contribution in [-0.4, -0.2) is 26.1 Å². The summed E-state index contributed by atoms with van der Waals surface area (Å²) in [6.45, 7) is 1.88. The summed E-state index contributed by atoms with van der Waals surface area (Å²) in [7, 11) is 0. The van der Waals surface area contributed by atoms with Crippen LogP contribution in [0.1, 0.15) is 11.1 Å². The number of hydrogen-bond acceptors (Lipinski definition) is 5. The Balaban J connectivity index is 1.72. The largest absolute Gasteiger partial charge is 0.323 e. The first-order valence-corrected chi connectivity index (χ1v) is 7.30. The smallest absolute Gasteiger partial charge is 0.248 e. The van der Waals surface area contributed by atoms with Crippen LogP contribution in [0.5, 0.6) is 0 Å². The van der Waals surface area contributed by atoms with Gasteiger partial charge in [-0.3, -0.25) is 4.79 Å². The zero-order chi connectivity index (χ0) is 16.9. The number of nitrogens with zero attached hydrogens (tertiary/aromatic N) is 5. The highest BCUT2D eigenvalue weighted by atomic mass is 16.2. The van der Waals surface area contributed by atoms with Crippen molar-refractivity contribution in [3.8, 4) is 17.5 Å². The second kappa shape index (κ2) is 6.71. The zero-order valence-corrected chi connectivity index (χ0v) is 13.0. The number of amides is 1. The highest BCUT2D eigenvalue weighted by Gasteiger charge is 2.12. The highest BCUT2D eigenvalue weighted by molar-refractivity contribution is 5.91. The van der Waals surface area contributed by atoms with Gasteiger partial charge in [0.1, 0.15) is 12.6 Å². The Kier molecular flexibility index (Phi) is 4.29. The van der Waals surface area contributed by atoms with Crippen LogP contribution in [0.15, 0.2) is 48.5 Å². The van der Waals surface area contributed by atoms with Crippen LogP contribution in [0.25, 0.3) is 11.4 Å². The summed E-state index contributed by atoms with van der Waals surface area (Å²) >= 11 is 0. The number of para-hydroxylation sites is 1. The molecule has 0 spiro atoms. The number of hydrogen-bond donors (Lipinski definition) is 1. The summed E-state index contributed by atoms with van der Waals surface area (Å²) in [5.41, 5.74) is 2.77. The van der Waals surface area contributed by atoms with E-state index >= 15 is 0 Å². The van der Waals surface area contributed by atoms with E-state index in [0.29, 0.717) is 17.1 Å². The molecule has 0 saturated heterocycles. The van der Waals surface area contributed by atoms with E-state index in [1.807, 2.05) is 37.3 Å². The third-order valence-electron chi connectivity index (χ3n) is 3.45. The number of aromatic nitrogens is 4. The Hall–Kier alpha value is -3.53. The molecule has 0 aliphatic rings. The number of carbonyl (C=O) groups excluding carboxylic acids is 1. The molecule has 0 aliphatic carbocycles. The first kappa shape index (κ1) is 15.4. The first-order valence-electron chi connectivity index (χ1n) is 7.30. The van der Waals surface area contributed by atoms with Crippen LogP contribution in [0, 0.1) is 18.3 Å². The number of anilines is 1. The van der Waals surface area contributed by atoms with Gasteiger partial charge >= 0.3 is 0 Å². The summed E-state index contributed by atoms with van der Waals surface area (Å²) in [5.74, 6) is 0.143. The molecule has 1 N–H and O–H groups in total. The second-order valence-corrected chi connectivity index (χ2v) is 5.16. The van der Waals surface area contributed by atoms with Crippen molar-refractivity contribution in [2.24, 2.45) is 0 Å². The van der Waals surface area contributed by atoms with Crippen LogP contribution in [0.2, 0.25) is 0 Å². The molecule has 1 amide bonds. The van der Waals surface area contributed by atoms with Crippen molar-refractivity contribution < 1.29 is 4.79 Å². The SMILES string of the molecule is Cc1ccccc1-c1nnn(CC(=O)Nc2ccccc2C#N)n1. The predicted molar refractivity (Wildman–Crippen MR) is 87.8 cm³/mol. The van der Waals surface area contributed by atoms with Gasteiger partial charge in [-0.15, -0.1) is 10.2 Å². The Bertz CT molecular complexity index is 925. The topological polar surface area (TPSA) is 96.5 Å². The lowest BCUT2D eigenvalue weighted by Crippen LogP contribution is -2.21. The summed E-state index contributed by atoms with van der Waals surface area (Å²) in [5, 5.41) is 23.8. The van der Waals surface area contributed by atoms with Crippen molar-refractivity contribution >= 4 is 11.6 Å². The van der Waals surface area contributed by atoms with E-state index < -0.39 is 0 Å². The molecule has 0 atom stereocenters. The molecule has 3 aromatic rings. The quantitative estimate of drug-likeness (QED) is 0.795. The normalized spacial score (nSPS) is 10.2. The maximum absolute atomic E-state index is 12.1.